The molecule has 0 saturated carbocycles. The van der Waals surface area contributed by atoms with Crippen LogP contribution in [0.25, 0.3) is 0 Å². The van der Waals surface area contributed by atoms with E-state index in [1.54, 1.807) is 0 Å². The number of nitriles is 1. The standard InChI is InChI=1S/C14H19N3.C5H10O2/c15-7-4-14(5-8-17-9-6-14)13-3-1-2-12(10-13)11-16;1-5(2,3)7-4-6/h1-3,10,17H,4-6,8-9,11,16H2;4H,1-3H3. The van der Waals surface area contributed by atoms with Crippen LogP contribution < -0.4 is 11.1 Å². The van der Waals surface area contributed by atoms with Crippen molar-refractivity contribution in [2.24, 2.45) is 5.73 Å². The molecule has 24 heavy (non-hydrogen) atoms. The summed E-state index contributed by atoms with van der Waals surface area (Å²) < 4.78 is 4.55. The number of nitrogens with two attached hydrogens (primary N) is 1. The maximum absolute atomic E-state index is 9.60. The minimum Gasteiger partial charge on any atom is -0.462 e. The van der Waals surface area contributed by atoms with Crippen molar-refractivity contribution < 1.29 is 9.53 Å². The molecule has 0 aliphatic carbocycles. The molecule has 2 rings (SSSR count). The molecule has 1 saturated heterocycles. The van der Waals surface area contributed by atoms with Crippen LogP contribution in [0.2, 0.25) is 0 Å². The van der Waals surface area contributed by atoms with Gasteiger partial charge in [-0.25, -0.2) is 0 Å². The van der Waals surface area contributed by atoms with Gasteiger partial charge in [-0.1, -0.05) is 24.3 Å². The fraction of sp³-hybridized carbons (Fsp3) is 0.579. The van der Waals surface area contributed by atoms with E-state index in [0.717, 1.165) is 31.5 Å². The van der Waals surface area contributed by atoms with Crippen molar-refractivity contribution >= 4 is 6.47 Å². The third-order valence-electron chi connectivity index (χ3n) is 4.15. The van der Waals surface area contributed by atoms with E-state index in [1.807, 2.05) is 26.8 Å². The van der Waals surface area contributed by atoms with Crippen LogP contribution in [0.1, 0.15) is 51.2 Å². The first-order valence-corrected chi connectivity index (χ1v) is 8.35. The minimum atomic E-state index is -0.318. The van der Waals surface area contributed by atoms with E-state index < -0.39 is 0 Å². The van der Waals surface area contributed by atoms with Gasteiger partial charge in [0.1, 0.15) is 5.60 Å². The number of rotatable bonds is 4. The van der Waals surface area contributed by atoms with Gasteiger partial charge in [0.15, 0.2) is 0 Å². The molecule has 132 valence electrons. The van der Waals surface area contributed by atoms with Gasteiger partial charge in [-0.2, -0.15) is 5.26 Å². The van der Waals surface area contributed by atoms with E-state index in [0.29, 0.717) is 19.4 Å². The van der Waals surface area contributed by atoms with E-state index in [9.17, 15) is 4.79 Å². The van der Waals surface area contributed by atoms with Crippen LogP contribution in [0.5, 0.6) is 0 Å². The van der Waals surface area contributed by atoms with Gasteiger partial charge in [-0.3, -0.25) is 4.79 Å². The Kier molecular flexibility index (Phi) is 7.90. The third kappa shape index (κ3) is 6.31. The molecule has 0 unspecified atom stereocenters. The summed E-state index contributed by atoms with van der Waals surface area (Å²) in [6.45, 7) is 8.47. The smallest absolute Gasteiger partial charge is 0.293 e. The molecule has 1 fully saturated rings. The number of hydrogen-bond acceptors (Lipinski definition) is 5. The monoisotopic (exact) mass is 331 g/mol. The number of nitrogens with one attached hydrogen (secondary N) is 1. The predicted molar refractivity (Wildman–Crippen MR) is 95.2 cm³/mol. The number of hydrogen-bond donors (Lipinski definition) is 2. The van der Waals surface area contributed by atoms with Crippen molar-refractivity contribution in [1.29, 1.82) is 5.26 Å². The molecular weight excluding hydrogens is 302 g/mol. The number of nitrogens with zero attached hydrogens (tertiary/aromatic N) is 1. The first-order chi connectivity index (χ1) is 11.4. The normalized spacial score (nSPS) is 16.3. The summed E-state index contributed by atoms with van der Waals surface area (Å²) in [6.07, 6.45) is 2.67. The highest BCUT2D eigenvalue weighted by atomic mass is 16.5. The Bertz CT molecular complexity index is 552. The third-order valence-corrected chi connectivity index (χ3v) is 4.15. The van der Waals surface area contributed by atoms with Gasteiger partial charge < -0.3 is 15.8 Å². The van der Waals surface area contributed by atoms with Gasteiger partial charge in [0.25, 0.3) is 6.47 Å². The molecule has 1 aliphatic rings. The van der Waals surface area contributed by atoms with Crippen LogP contribution in [0.3, 0.4) is 0 Å². The Morgan fingerprint density at radius 1 is 1.38 bits per heavy atom. The zero-order valence-corrected chi connectivity index (χ0v) is 15.0. The fourth-order valence-electron chi connectivity index (χ4n) is 2.80. The quantitative estimate of drug-likeness (QED) is 0.828. The molecule has 1 heterocycles. The second kappa shape index (κ2) is 9.41. The van der Waals surface area contributed by atoms with Gasteiger partial charge in [-0.05, 0) is 57.8 Å². The van der Waals surface area contributed by atoms with Gasteiger partial charge in [0.05, 0.1) is 6.07 Å². The molecule has 1 aromatic carbocycles. The number of benzene rings is 1. The Balaban J connectivity index is 0.000000351. The number of ether oxygens (including phenoxy) is 1. The van der Waals surface area contributed by atoms with Crippen molar-refractivity contribution in [3.63, 3.8) is 0 Å². The van der Waals surface area contributed by atoms with E-state index in [4.69, 9.17) is 11.0 Å². The van der Waals surface area contributed by atoms with E-state index in [1.165, 1.54) is 5.56 Å². The molecule has 1 aliphatic heterocycles. The Morgan fingerprint density at radius 3 is 2.50 bits per heavy atom. The summed E-state index contributed by atoms with van der Waals surface area (Å²) in [5.74, 6) is 0. The first kappa shape index (κ1) is 20.1. The second-order valence-electron chi connectivity index (χ2n) is 7.10. The summed E-state index contributed by atoms with van der Waals surface area (Å²) in [5.41, 5.74) is 7.84. The summed E-state index contributed by atoms with van der Waals surface area (Å²) in [7, 11) is 0. The maximum atomic E-state index is 9.60. The molecule has 0 bridgehead atoms. The molecule has 1 aromatic rings. The molecule has 0 radical (unpaired) electrons. The topological polar surface area (TPSA) is 88.1 Å². The highest BCUT2D eigenvalue weighted by Crippen LogP contribution is 2.36. The molecule has 0 atom stereocenters. The largest absolute Gasteiger partial charge is 0.462 e. The lowest BCUT2D eigenvalue weighted by atomic mass is 9.71. The van der Waals surface area contributed by atoms with Crippen LogP contribution >= 0.6 is 0 Å². The summed E-state index contributed by atoms with van der Waals surface area (Å²) >= 11 is 0. The predicted octanol–water partition coefficient (Wildman–Crippen LogP) is 2.64. The number of carbonyl (C=O) groups excluding carboxylic acids is 1. The molecule has 5 nitrogen and oxygen atoms in total. The Hall–Kier alpha value is -1.90. The number of piperidine rings is 1. The van der Waals surface area contributed by atoms with Crippen LogP contribution in [0, 0.1) is 11.3 Å². The van der Waals surface area contributed by atoms with Crippen molar-refractivity contribution in [3.05, 3.63) is 35.4 Å². The Morgan fingerprint density at radius 2 is 2.04 bits per heavy atom. The van der Waals surface area contributed by atoms with Gasteiger partial charge in [0.2, 0.25) is 0 Å². The maximum Gasteiger partial charge on any atom is 0.293 e. The molecule has 0 amide bonds. The lowest BCUT2D eigenvalue weighted by molar-refractivity contribution is -0.138. The minimum absolute atomic E-state index is 0.0329. The van der Waals surface area contributed by atoms with Crippen molar-refractivity contribution in [2.45, 2.75) is 57.6 Å². The molecule has 3 N–H and O–H groups in total. The van der Waals surface area contributed by atoms with Gasteiger partial charge in [-0.15, -0.1) is 0 Å². The van der Waals surface area contributed by atoms with Crippen molar-refractivity contribution in [1.82, 2.24) is 5.32 Å². The van der Waals surface area contributed by atoms with Crippen LogP contribution in [0.4, 0.5) is 0 Å². The van der Waals surface area contributed by atoms with Crippen LogP contribution in [-0.2, 0) is 21.5 Å². The van der Waals surface area contributed by atoms with E-state index >= 15 is 0 Å². The van der Waals surface area contributed by atoms with Crippen LogP contribution in [0.15, 0.2) is 24.3 Å². The SMILES string of the molecule is CC(C)(C)OC=O.N#CCC1(c2cccc(CN)c2)CCNCC1. The first-order valence-electron chi connectivity index (χ1n) is 8.35. The molecule has 5 heteroatoms. The van der Waals surface area contributed by atoms with E-state index in [-0.39, 0.29) is 11.0 Å². The average molecular weight is 331 g/mol. The van der Waals surface area contributed by atoms with Crippen molar-refractivity contribution in [2.75, 3.05) is 13.1 Å². The van der Waals surface area contributed by atoms with Gasteiger partial charge >= 0.3 is 0 Å². The zero-order valence-electron chi connectivity index (χ0n) is 15.0. The van der Waals surface area contributed by atoms with Crippen molar-refractivity contribution in [3.8, 4) is 6.07 Å². The Labute approximate surface area is 145 Å². The highest BCUT2D eigenvalue weighted by Gasteiger charge is 2.33. The molecule has 0 spiro atoms. The lowest BCUT2D eigenvalue weighted by Crippen LogP contribution is -2.39. The second-order valence-corrected chi connectivity index (χ2v) is 7.10. The molecule has 0 aromatic heterocycles. The number of carbonyl (C=O) groups is 1. The lowest BCUT2D eigenvalue weighted by Gasteiger charge is -2.36. The summed E-state index contributed by atoms with van der Waals surface area (Å²) in [5, 5.41) is 12.4. The summed E-state index contributed by atoms with van der Waals surface area (Å²) in [6, 6.07) is 10.8. The zero-order chi connectivity index (χ0) is 18.1. The van der Waals surface area contributed by atoms with Crippen LogP contribution in [-0.4, -0.2) is 25.2 Å². The highest BCUT2D eigenvalue weighted by molar-refractivity contribution is 5.37. The average Bonchev–Trinajstić information content (AvgIpc) is 2.55. The van der Waals surface area contributed by atoms with E-state index in [2.05, 4.69) is 34.3 Å². The fourth-order valence-corrected chi connectivity index (χ4v) is 2.80. The van der Waals surface area contributed by atoms with Gasteiger partial charge in [0, 0.05) is 18.4 Å². The summed E-state index contributed by atoms with van der Waals surface area (Å²) in [4.78, 5) is 9.60. The molecular formula is C19H29N3O2.